The number of nitrogen functional groups attached to an aromatic ring is 1. The molecule has 132 valence electrons. The summed E-state index contributed by atoms with van der Waals surface area (Å²) >= 11 is -0.545. The average molecular weight is 367 g/mol. The molecule has 3 heterocycles. The third-order valence-electron chi connectivity index (χ3n) is 3.43. The minimum atomic E-state index is -4.60. The van der Waals surface area contributed by atoms with Gasteiger partial charge in [-0.3, -0.25) is 4.57 Å². The number of thioether (sulfide) groups is 1. The highest BCUT2D eigenvalue weighted by atomic mass is 32.2. The van der Waals surface area contributed by atoms with Gasteiger partial charge in [-0.1, -0.05) is 0 Å². The average Bonchev–Trinajstić information content (AvgIpc) is 3.00. The molecule has 13 heteroatoms. The molecule has 1 saturated heterocycles. The van der Waals surface area contributed by atoms with Crippen molar-refractivity contribution in [3.05, 3.63) is 6.33 Å². The molecule has 3 rings (SSSR count). The van der Waals surface area contributed by atoms with Crippen LogP contribution >= 0.6 is 11.8 Å². The van der Waals surface area contributed by atoms with Crippen molar-refractivity contribution in [1.82, 2.24) is 19.5 Å². The molecule has 0 bridgehead atoms. The monoisotopic (exact) mass is 367 g/mol. The Morgan fingerprint density at radius 2 is 2.00 bits per heavy atom. The zero-order chi connectivity index (χ0) is 17.6. The molecular weight excluding hydrogens is 355 g/mol. The summed E-state index contributed by atoms with van der Waals surface area (Å²) in [6.45, 7) is -0.548. The predicted molar refractivity (Wildman–Crippen MR) is 74.7 cm³/mol. The SMILES string of the molecule is Nc1nc(SC(F)(F)F)nc2c1ncn2[C@@H]1O[C@H](CO)[C@H](O)[C@@H]1O. The molecule has 0 spiro atoms. The molecule has 9 nitrogen and oxygen atoms in total. The predicted octanol–water partition coefficient (Wildman–Crippen LogP) is -0.368. The van der Waals surface area contributed by atoms with E-state index < -0.39 is 53.6 Å². The Balaban J connectivity index is 2.03. The fraction of sp³-hybridized carbons (Fsp3) is 0.545. The van der Waals surface area contributed by atoms with E-state index in [-0.39, 0.29) is 17.0 Å². The normalized spacial score (nSPS) is 27.9. The van der Waals surface area contributed by atoms with Gasteiger partial charge in [0.25, 0.3) is 0 Å². The maximum atomic E-state index is 12.5. The topological polar surface area (TPSA) is 140 Å². The van der Waals surface area contributed by atoms with Crippen molar-refractivity contribution < 1.29 is 33.2 Å². The molecule has 1 fully saturated rings. The summed E-state index contributed by atoms with van der Waals surface area (Å²) in [4.78, 5) is 11.2. The van der Waals surface area contributed by atoms with Gasteiger partial charge in [0.15, 0.2) is 22.8 Å². The Morgan fingerprint density at radius 3 is 2.58 bits per heavy atom. The van der Waals surface area contributed by atoms with Crippen LogP contribution < -0.4 is 5.73 Å². The first-order chi connectivity index (χ1) is 11.2. The minimum absolute atomic E-state index is 0.0271. The maximum absolute atomic E-state index is 12.5. The van der Waals surface area contributed by atoms with Crippen LogP contribution in [0.2, 0.25) is 0 Å². The van der Waals surface area contributed by atoms with Crippen LogP contribution in [0.1, 0.15) is 6.23 Å². The number of nitrogens with zero attached hydrogens (tertiary/aromatic N) is 4. The largest absolute Gasteiger partial charge is 0.449 e. The first kappa shape index (κ1) is 17.2. The lowest BCUT2D eigenvalue weighted by atomic mass is 10.1. The second kappa shape index (κ2) is 6.00. The zero-order valence-electron chi connectivity index (χ0n) is 11.8. The number of aliphatic hydroxyl groups is 3. The highest BCUT2D eigenvalue weighted by Gasteiger charge is 2.44. The second-order valence-corrected chi connectivity index (χ2v) is 6.02. The van der Waals surface area contributed by atoms with Crippen LogP contribution in [-0.4, -0.2) is 65.3 Å². The molecule has 24 heavy (non-hydrogen) atoms. The summed E-state index contributed by atoms with van der Waals surface area (Å²) in [6.07, 6.45) is -3.90. The fourth-order valence-electron chi connectivity index (χ4n) is 2.36. The molecule has 2 aromatic heterocycles. The van der Waals surface area contributed by atoms with Crippen molar-refractivity contribution in [2.24, 2.45) is 0 Å². The highest BCUT2D eigenvalue weighted by Crippen LogP contribution is 2.37. The Labute approximate surface area is 136 Å². The van der Waals surface area contributed by atoms with E-state index in [9.17, 15) is 23.4 Å². The quantitative estimate of drug-likeness (QED) is 0.423. The lowest BCUT2D eigenvalue weighted by molar-refractivity contribution is -0.0511. The summed E-state index contributed by atoms with van der Waals surface area (Å²) in [5.74, 6) is -0.266. The van der Waals surface area contributed by atoms with E-state index in [1.165, 1.54) is 0 Å². The number of alkyl halides is 3. The van der Waals surface area contributed by atoms with Gasteiger partial charge in [0.2, 0.25) is 0 Å². The fourth-order valence-corrected chi connectivity index (χ4v) is 2.85. The van der Waals surface area contributed by atoms with E-state index >= 15 is 0 Å². The van der Waals surface area contributed by atoms with Gasteiger partial charge in [0, 0.05) is 11.8 Å². The molecule has 5 N–H and O–H groups in total. The van der Waals surface area contributed by atoms with Gasteiger partial charge in [-0.2, -0.15) is 13.2 Å². The smallest absolute Gasteiger partial charge is 0.394 e. The Kier molecular flexibility index (Phi) is 4.29. The maximum Gasteiger partial charge on any atom is 0.449 e. The van der Waals surface area contributed by atoms with Gasteiger partial charge in [-0.15, -0.1) is 0 Å². The summed E-state index contributed by atoms with van der Waals surface area (Å²) in [7, 11) is 0. The number of hydrogen-bond acceptors (Lipinski definition) is 9. The molecule has 1 aliphatic rings. The molecule has 1 aliphatic heterocycles. The Morgan fingerprint density at radius 1 is 1.29 bits per heavy atom. The molecule has 0 unspecified atom stereocenters. The third-order valence-corrected chi connectivity index (χ3v) is 4.02. The summed E-state index contributed by atoms with van der Waals surface area (Å²) in [5.41, 5.74) is 0.932. The third kappa shape index (κ3) is 3.00. The number of nitrogens with two attached hydrogens (primary N) is 1. The van der Waals surface area contributed by atoms with Crippen molar-refractivity contribution >= 4 is 28.7 Å². The van der Waals surface area contributed by atoms with E-state index in [4.69, 9.17) is 15.6 Å². The van der Waals surface area contributed by atoms with Gasteiger partial charge in [0.05, 0.1) is 12.9 Å². The van der Waals surface area contributed by atoms with E-state index in [0.29, 0.717) is 0 Å². The van der Waals surface area contributed by atoms with Crippen LogP contribution in [0.5, 0.6) is 0 Å². The number of aliphatic hydroxyl groups excluding tert-OH is 3. The van der Waals surface area contributed by atoms with Crippen molar-refractivity contribution in [3.63, 3.8) is 0 Å². The van der Waals surface area contributed by atoms with Crippen LogP contribution in [-0.2, 0) is 4.74 Å². The first-order valence-electron chi connectivity index (χ1n) is 6.59. The number of fused-ring (bicyclic) bond motifs is 1. The van der Waals surface area contributed by atoms with Gasteiger partial charge in [-0.25, -0.2) is 15.0 Å². The number of imidazole rings is 1. The molecular formula is C11H12F3N5O4S. The van der Waals surface area contributed by atoms with E-state index in [1.807, 2.05) is 0 Å². The Bertz CT molecular complexity index is 757. The first-order valence-corrected chi connectivity index (χ1v) is 7.41. The van der Waals surface area contributed by atoms with Crippen LogP contribution in [0, 0.1) is 0 Å². The lowest BCUT2D eigenvalue weighted by Gasteiger charge is -2.16. The molecule has 0 aromatic carbocycles. The lowest BCUT2D eigenvalue weighted by Crippen LogP contribution is -2.33. The zero-order valence-corrected chi connectivity index (χ0v) is 12.6. The molecule has 0 aliphatic carbocycles. The van der Waals surface area contributed by atoms with Crippen LogP contribution in [0.15, 0.2) is 11.5 Å². The molecule has 0 radical (unpaired) electrons. The molecule has 0 saturated carbocycles. The van der Waals surface area contributed by atoms with E-state index in [2.05, 4.69) is 15.0 Å². The van der Waals surface area contributed by atoms with Crippen molar-refractivity contribution in [3.8, 4) is 0 Å². The van der Waals surface area contributed by atoms with Crippen LogP contribution in [0.25, 0.3) is 11.2 Å². The van der Waals surface area contributed by atoms with Crippen molar-refractivity contribution in [1.29, 1.82) is 0 Å². The molecule has 2 aromatic rings. The number of rotatable bonds is 3. The number of aromatic nitrogens is 4. The Hall–Kier alpha value is -1.67. The molecule has 4 atom stereocenters. The minimum Gasteiger partial charge on any atom is -0.394 e. The number of ether oxygens (including phenoxy) is 1. The van der Waals surface area contributed by atoms with Gasteiger partial charge < -0.3 is 25.8 Å². The number of halogens is 3. The number of hydrogen-bond donors (Lipinski definition) is 4. The van der Waals surface area contributed by atoms with Crippen molar-refractivity contribution in [2.75, 3.05) is 12.3 Å². The number of anilines is 1. The summed E-state index contributed by atoms with van der Waals surface area (Å²) in [6, 6.07) is 0. The van der Waals surface area contributed by atoms with Crippen molar-refractivity contribution in [2.45, 2.75) is 35.2 Å². The van der Waals surface area contributed by atoms with Crippen LogP contribution in [0.3, 0.4) is 0 Å². The van der Waals surface area contributed by atoms with Gasteiger partial charge in [-0.05, 0) is 0 Å². The highest BCUT2D eigenvalue weighted by molar-refractivity contribution is 8.00. The van der Waals surface area contributed by atoms with Gasteiger partial charge in [0.1, 0.15) is 23.8 Å². The van der Waals surface area contributed by atoms with E-state index in [0.717, 1.165) is 10.9 Å². The summed E-state index contributed by atoms with van der Waals surface area (Å²) in [5, 5.41) is 28.3. The van der Waals surface area contributed by atoms with E-state index in [1.54, 1.807) is 0 Å². The molecule has 0 amide bonds. The standard InChI is InChI=1S/C11H12F3N5O4S/c12-11(13,14)24-10-17-7(15)4-8(18-10)19(2-16-4)9-6(22)5(21)3(1-20)23-9/h2-3,5-6,9,20-22H,1H2,(H2,15,17,18)/t3-,5+,6+,9-/m1/s1. The van der Waals surface area contributed by atoms with Crippen LogP contribution in [0.4, 0.5) is 19.0 Å². The van der Waals surface area contributed by atoms with Gasteiger partial charge >= 0.3 is 5.51 Å². The second-order valence-electron chi connectivity index (χ2n) is 4.99. The summed E-state index contributed by atoms with van der Waals surface area (Å²) < 4.78 is 44.0.